The monoisotopic (exact) mass is 435 g/mol. The van der Waals surface area contributed by atoms with Crippen LogP contribution in [0.25, 0.3) is 0 Å². The smallest absolute Gasteiger partial charge is 0.277 e. The van der Waals surface area contributed by atoms with Gasteiger partial charge in [-0.05, 0) is 37.1 Å². The lowest BCUT2D eigenvalue weighted by Crippen LogP contribution is -2.15. The van der Waals surface area contributed by atoms with Crippen LogP contribution in [0.4, 0.5) is 5.82 Å². The Hall–Kier alpha value is -3.58. The summed E-state index contributed by atoms with van der Waals surface area (Å²) in [5.74, 6) is 0.684. The zero-order valence-electron chi connectivity index (χ0n) is 17.2. The first-order chi connectivity index (χ1) is 15.0. The van der Waals surface area contributed by atoms with E-state index in [-0.39, 0.29) is 12.4 Å². The number of hydrogen-bond acceptors (Lipinski definition) is 4. The van der Waals surface area contributed by atoms with E-state index in [2.05, 4.69) is 21.6 Å². The average molecular weight is 436 g/mol. The summed E-state index contributed by atoms with van der Waals surface area (Å²) in [7, 11) is 0. The van der Waals surface area contributed by atoms with Crippen LogP contribution in [0.5, 0.6) is 5.75 Å². The summed E-state index contributed by atoms with van der Waals surface area (Å²) in [5.41, 5.74) is 3.55. The molecule has 0 aliphatic carbocycles. The second-order valence-electron chi connectivity index (χ2n) is 7.25. The zero-order valence-corrected chi connectivity index (χ0v) is 18.0. The standard InChI is InChI=1S/C23H22ClN5O2/c1-16-8-9-21(17(2)12-16)31-15-28-11-10-20(26-28)23(30)25-22-19(24)14-29(27-22)13-18-6-4-3-5-7-18/h3-12,14H,13,15H2,1-2H3,(H,25,27,30). The first-order valence-electron chi connectivity index (χ1n) is 9.79. The molecule has 2 aromatic heterocycles. The van der Waals surface area contributed by atoms with Crippen molar-refractivity contribution < 1.29 is 9.53 Å². The first kappa shape index (κ1) is 20.7. The van der Waals surface area contributed by atoms with Gasteiger partial charge in [0.2, 0.25) is 0 Å². The lowest BCUT2D eigenvalue weighted by atomic mass is 10.1. The van der Waals surface area contributed by atoms with E-state index in [0.29, 0.717) is 17.4 Å². The van der Waals surface area contributed by atoms with Crippen molar-refractivity contribution in [3.05, 3.63) is 94.4 Å². The Labute approximate surface area is 185 Å². The molecule has 0 saturated carbocycles. The molecule has 4 rings (SSSR count). The SMILES string of the molecule is Cc1ccc(OCn2ccc(C(=O)Nc3nn(Cc4ccccc4)cc3Cl)n2)c(C)c1. The number of carbonyl (C=O) groups excluding carboxylic acids is 1. The molecule has 0 aliphatic heterocycles. The first-order valence-corrected chi connectivity index (χ1v) is 10.2. The number of benzene rings is 2. The summed E-state index contributed by atoms with van der Waals surface area (Å²) in [6.45, 7) is 4.78. The zero-order chi connectivity index (χ0) is 21.8. The molecule has 0 bridgehead atoms. The van der Waals surface area contributed by atoms with E-state index in [4.69, 9.17) is 16.3 Å². The van der Waals surface area contributed by atoms with Crippen molar-refractivity contribution in [2.75, 3.05) is 5.32 Å². The minimum Gasteiger partial charge on any atom is -0.471 e. The molecule has 7 nitrogen and oxygen atoms in total. The molecule has 0 spiro atoms. The van der Waals surface area contributed by atoms with E-state index in [0.717, 1.165) is 16.9 Å². The third kappa shape index (κ3) is 5.13. The fourth-order valence-corrected chi connectivity index (χ4v) is 3.35. The average Bonchev–Trinajstić information content (AvgIpc) is 3.35. The normalized spacial score (nSPS) is 10.8. The molecular weight excluding hydrogens is 414 g/mol. The minimum absolute atomic E-state index is 0.198. The van der Waals surface area contributed by atoms with Crippen molar-refractivity contribution in [3.8, 4) is 5.75 Å². The maximum Gasteiger partial charge on any atom is 0.277 e. The van der Waals surface area contributed by atoms with Crippen molar-refractivity contribution in [3.63, 3.8) is 0 Å². The Kier molecular flexibility index (Phi) is 6.04. The number of aromatic nitrogens is 4. The van der Waals surface area contributed by atoms with Gasteiger partial charge < -0.3 is 10.1 Å². The number of nitrogens with zero attached hydrogens (tertiary/aromatic N) is 4. The van der Waals surface area contributed by atoms with E-state index in [1.165, 1.54) is 5.56 Å². The van der Waals surface area contributed by atoms with E-state index in [9.17, 15) is 4.79 Å². The van der Waals surface area contributed by atoms with Crippen LogP contribution in [0, 0.1) is 13.8 Å². The Morgan fingerprint density at radius 3 is 2.65 bits per heavy atom. The van der Waals surface area contributed by atoms with Crippen LogP contribution < -0.4 is 10.1 Å². The fourth-order valence-electron chi connectivity index (χ4n) is 3.16. The summed E-state index contributed by atoms with van der Waals surface area (Å²) in [6, 6.07) is 17.5. The molecule has 158 valence electrons. The maximum absolute atomic E-state index is 12.6. The van der Waals surface area contributed by atoms with Gasteiger partial charge in [-0.1, -0.05) is 59.6 Å². The summed E-state index contributed by atoms with van der Waals surface area (Å²) < 4.78 is 9.04. The van der Waals surface area contributed by atoms with Crippen LogP contribution in [0.1, 0.15) is 27.2 Å². The molecule has 2 aromatic carbocycles. The van der Waals surface area contributed by atoms with Crippen LogP contribution in [0.2, 0.25) is 5.02 Å². The number of rotatable bonds is 7. The Bertz CT molecular complexity index is 1200. The number of ether oxygens (including phenoxy) is 1. The third-order valence-corrected chi connectivity index (χ3v) is 4.97. The predicted molar refractivity (Wildman–Crippen MR) is 120 cm³/mol. The number of carbonyl (C=O) groups is 1. The van der Waals surface area contributed by atoms with Gasteiger partial charge in [-0.3, -0.25) is 9.48 Å². The van der Waals surface area contributed by atoms with Crippen molar-refractivity contribution in [2.45, 2.75) is 27.1 Å². The van der Waals surface area contributed by atoms with Crippen LogP contribution >= 0.6 is 11.6 Å². The Morgan fingerprint density at radius 2 is 1.87 bits per heavy atom. The molecule has 0 unspecified atom stereocenters. The molecule has 2 heterocycles. The molecular formula is C23H22ClN5O2. The number of amides is 1. The van der Waals surface area contributed by atoms with Gasteiger partial charge in [0.15, 0.2) is 18.2 Å². The lowest BCUT2D eigenvalue weighted by molar-refractivity contribution is 0.101. The summed E-state index contributed by atoms with van der Waals surface area (Å²) in [4.78, 5) is 12.6. The molecule has 1 amide bonds. The van der Waals surface area contributed by atoms with Crippen LogP contribution in [0.15, 0.2) is 67.0 Å². The summed E-state index contributed by atoms with van der Waals surface area (Å²) in [5, 5.41) is 11.7. The number of nitrogens with one attached hydrogen (secondary N) is 1. The van der Waals surface area contributed by atoms with E-state index in [1.807, 2.05) is 56.3 Å². The highest BCUT2D eigenvalue weighted by Crippen LogP contribution is 2.21. The minimum atomic E-state index is -0.392. The van der Waals surface area contributed by atoms with Gasteiger partial charge in [-0.2, -0.15) is 10.2 Å². The molecule has 0 aliphatic rings. The molecule has 4 aromatic rings. The number of aryl methyl sites for hydroxylation is 2. The highest BCUT2D eigenvalue weighted by Gasteiger charge is 2.15. The molecule has 8 heteroatoms. The van der Waals surface area contributed by atoms with Gasteiger partial charge in [0.05, 0.1) is 6.54 Å². The lowest BCUT2D eigenvalue weighted by Gasteiger charge is -2.09. The fraction of sp³-hybridized carbons (Fsp3) is 0.174. The molecule has 0 saturated heterocycles. The quantitative estimate of drug-likeness (QED) is 0.457. The van der Waals surface area contributed by atoms with E-state index in [1.54, 1.807) is 27.8 Å². The Morgan fingerprint density at radius 1 is 1.06 bits per heavy atom. The van der Waals surface area contributed by atoms with Crippen molar-refractivity contribution in [1.29, 1.82) is 0 Å². The number of halogens is 1. The van der Waals surface area contributed by atoms with Gasteiger partial charge >= 0.3 is 0 Å². The van der Waals surface area contributed by atoms with Crippen molar-refractivity contribution in [2.24, 2.45) is 0 Å². The van der Waals surface area contributed by atoms with Gasteiger partial charge in [-0.15, -0.1) is 0 Å². The molecule has 0 radical (unpaired) electrons. The molecule has 0 fully saturated rings. The number of hydrogen-bond donors (Lipinski definition) is 1. The van der Waals surface area contributed by atoms with E-state index >= 15 is 0 Å². The van der Waals surface area contributed by atoms with Crippen molar-refractivity contribution in [1.82, 2.24) is 19.6 Å². The maximum atomic E-state index is 12.6. The third-order valence-electron chi connectivity index (χ3n) is 4.69. The van der Waals surface area contributed by atoms with Crippen LogP contribution in [-0.4, -0.2) is 25.5 Å². The second kappa shape index (κ2) is 9.06. The van der Waals surface area contributed by atoms with Crippen LogP contribution in [0.3, 0.4) is 0 Å². The van der Waals surface area contributed by atoms with Gasteiger partial charge in [0.1, 0.15) is 10.8 Å². The molecule has 1 N–H and O–H groups in total. The summed E-state index contributed by atoms with van der Waals surface area (Å²) in [6.07, 6.45) is 3.37. The Balaban J connectivity index is 1.38. The highest BCUT2D eigenvalue weighted by atomic mass is 35.5. The largest absolute Gasteiger partial charge is 0.471 e. The number of anilines is 1. The predicted octanol–water partition coefficient (Wildman–Crippen LogP) is 4.69. The molecule has 0 atom stereocenters. The summed E-state index contributed by atoms with van der Waals surface area (Å²) >= 11 is 6.25. The van der Waals surface area contributed by atoms with Gasteiger partial charge in [-0.25, -0.2) is 4.68 Å². The van der Waals surface area contributed by atoms with Gasteiger partial charge in [0, 0.05) is 12.4 Å². The van der Waals surface area contributed by atoms with E-state index < -0.39 is 5.91 Å². The topological polar surface area (TPSA) is 74.0 Å². The van der Waals surface area contributed by atoms with Crippen LogP contribution in [-0.2, 0) is 13.3 Å². The van der Waals surface area contributed by atoms with Gasteiger partial charge in [0.25, 0.3) is 5.91 Å². The second-order valence-corrected chi connectivity index (χ2v) is 7.65. The molecule has 31 heavy (non-hydrogen) atoms. The van der Waals surface area contributed by atoms with Crippen molar-refractivity contribution >= 4 is 23.3 Å². The highest BCUT2D eigenvalue weighted by molar-refractivity contribution is 6.33.